The van der Waals surface area contributed by atoms with Crippen molar-refractivity contribution in [1.82, 2.24) is 4.72 Å². The minimum absolute atomic E-state index is 0.244. The van der Waals surface area contributed by atoms with E-state index in [1.54, 1.807) is 0 Å². The van der Waals surface area contributed by atoms with E-state index < -0.39 is 41.6 Å². The molecule has 0 aliphatic carbocycles. The van der Waals surface area contributed by atoms with Crippen molar-refractivity contribution in [3.63, 3.8) is 0 Å². The van der Waals surface area contributed by atoms with Gasteiger partial charge in [-0.2, -0.15) is 0 Å². The van der Waals surface area contributed by atoms with Crippen LogP contribution in [0.2, 0.25) is 0 Å². The SMILES string of the molecule is CCCC[S@@+]([O-])N[C@@](CF)(CC=O)c1cccc(F)c1F. The molecule has 0 aromatic heterocycles. The first kappa shape index (κ1) is 18.0. The monoisotopic (exact) mass is 321 g/mol. The molecule has 0 spiro atoms. The summed E-state index contributed by atoms with van der Waals surface area (Å²) in [6.07, 6.45) is 1.38. The van der Waals surface area contributed by atoms with Crippen molar-refractivity contribution in [3.05, 3.63) is 35.4 Å². The van der Waals surface area contributed by atoms with E-state index in [9.17, 15) is 22.5 Å². The zero-order valence-corrected chi connectivity index (χ0v) is 12.5. The average molecular weight is 321 g/mol. The van der Waals surface area contributed by atoms with Crippen LogP contribution in [0.25, 0.3) is 0 Å². The second kappa shape index (κ2) is 8.41. The summed E-state index contributed by atoms with van der Waals surface area (Å²) < 4.78 is 55.2. The Hall–Kier alpha value is -1.05. The number of aldehydes is 1. The van der Waals surface area contributed by atoms with Crippen molar-refractivity contribution in [1.29, 1.82) is 0 Å². The molecule has 0 aliphatic rings. The topological polar surface area (TPSA) is 52.2 Å². The first-order valence-corrected chi connectivity index (χ1v) is 7.93. The van der Waals surface area contributed by atoms with Gasteiger partial charge in [0.1, 0.15) is 24.3 Å². The average Bonchev–Trinajstić information content (AvgIpc) is 2.47. The molecule has 0 aliphatic heterocycles. The van der Waals surface area contributed by atoms with Crippen LogP contribution >= 0.6 is 0 Å². The summed E-state index contributed by atoms with van der Waals surface area (Å²) >= 11 is -1.64. The lowest BCUT2D eigenvalue weighted by molar-refractivity contribution is -0.109. The van der Waals surface area contributed by atoms with Crippen molar-refractivity contribution in [3.8, 4) is 0 Å². The molecule has 118 valence electrons. The smallest absolute Gasteiger partial charge is 0.164 e. The Morgan fingerprint density at radius 2 is 2.14 bits per heavy atom. The van der Waals surface area contributed by atoms with E-state index in [1.807, 2.05) is 6.92 Å². The van der Waals surface area contributed by atoms with Gasteiger partial charge in [0.15, 0.2) is 11.6 Å². The predicted molar refractivity (Wildman–Crippen MR) is 75.7 cm³/mol. The zero-order chi connectivity index (χ0) is 15.9. The molecule has 0 saturated heterocycles. The van der Waals surface area contributed by atoms with Crippen LogP contribution < -0.4 is 4.72 Å². The largest absolute Gasteiger partial charge is 0.598 e. The molecule has 1 N–H and O–H groups in total. The lowest BCUT2D eigenvalue weighted by atomic mass is 9.89. The fourth-order valence-corrected chi connectivity index (χ4v) is 3.26. The number of halogens is 3. The molecule has 1 rings (SSSR count). The van der Waals surface area contributed by atoms with Crippen molar-refractivity contribution >= 4 is 17.6 Å². The van der Waals surface area contributed by atoms with Crippen molar-refractivity contribution in [2.45, 2.75) is 31.7 Å². The number of benzene rings is 1. The number of hydrogen-bond acceptors (Lipinski definition) is 3. The first-order chi connectivity index (χ1) is 10.0. The normalized spacial score (nSPS) is 15.5. The highest BCUT2D eigenvalue weighted by molar-refractivity contribution is 7.89. The molecule has 0 fully saturated rings. The summed E-state index contributed by atoms with van der Waals surface area (Å²) in [4.78, 5) is 10.8. The van der Waals surface area contributed by atoms with Crippen LogP contribution in [0, 0.1) is 11.6 Å². The molecule has 3 nitrogen and oxygen atoms in total. The molecule has 1 aromatic rings. The van der Waals surface area contributed by atoms with Crippen molar-refractivity contribution in [2.24, 2.45) is 0 Å². The summed E-state index contributed by atoms with van der Waals surface area (Å²) in [6.45, 7) is 0.723. The van der Waals surface area contributed by atoms with Crippen molar-refractivity contribution in [2.75, 3.05) is 12.4 Å². The fourth-order valence-electron chi connectivity index (χ4n) is 1.92. The highest BCUT2D eigenvalue weighted by atomic mass is 32.2. The summed E-state index contributed by atoms with van der Waals surface area (Å²) in [6, 6.07) is 3.31. The van der Waals surface area contributed by atoms with Crippen molar-refractivity contribution < 1.29 is 22.5 Å². The number of carbonyl (C=O) groups excluding carboxylic acids is 1. The van der Waals surface area contributed by atoms with Gasteiger partial charge < -0.3 is 9.35 Å². The molecule has 0 amide bonds. The summed E-state index contributed by atoms with van der Waals surface area (Å²) in [5, 5.41) is 0. The Balaban J connectivity index is 3.13. The summed E-state index contributed by atoms with van der Waals surface area (Å²) in [5.74, 6) is -2.14. The van der Waals surface area contributed by atoms with E-state index in [0.717, 1.165) is 12.5 Å². The van der Waals surface area contributed by atoms with Crippen LogP contribution in [-0.4, -0.2) is 23.3 Å². The molecule has 0 saturated carbocycles. The molecule has 7 heteroatoms. The van der Waals surface area contributed by atoms with E-state index in [0.29, 0.717) is 12.7 Å². The van der Waals surface area contributed by atoms with Crippen LogP contribution in [-0.2, 0) is 21.7 Å². The second-order valence-electron chi connectivity index (χ2n) is 4.69. The molecular formula is C14H18F3NO2S. The maximum atomic E-state index is 13.9. The number of rotatable bonds is 9. The Kier molecular flexibility index (Phi) is 7.21. The van der Waals surface area contributed by atoms with Gasteiger partial charge in [-0.1, -0.05) is 25.5 Å². The molecule has 0 unspecified atom stereocenters. The quantitative estimate of drug-likeness (QED) is 0.562. The van der Waals surface area contributed by atoms with E-state index >= 15 is 0 Å². The Morgan fingerprint density at radius 3 is 2.71 bits per heavy atom. The summed E-state index contributed by atoms with van der Waals surface area (Å²) in [5.41, 5.74) is -2.14. The highest BCUT2D eigenvalue weighted by Gasteiger charge is 2.39. The second-order valence-corrected chi connectivity index (χ2v) is 6.00. The Labute approximate surface area is 125 Å². The highest BCUT2D eigenvalue weighted by Crippen LogP contribution is 2.30. The zero-order valence-electron chi connectivity index (χ0n) is 11.7. The van der Waals surface area contributed by atoms with Crippen LogP contribution in [0.15, 0.2) is 18.2 Å². The van der Waals surface area contributed by atoms with Gasteiger partial charge in [0.2, 0.25) is 0 Å². The van der Waals surface area contributed by atoms with E-state index in [4.69, 9.17) is 0 Å². The van der Waals surface area contributed by atoms with Gasteiger partial charge in [0.05, 0.1) is 0 Å². The summed E-state index contributed by atoms with van der Waals surface area (Å²) in [7, 11) is 0. The van der Waals surface area contributed by atoms with Crippen LogP contribution in [0.5, 0.6) is 0 Å². The lowest BCUT2D eigenvalue weighted by Gasteiger charge is -2.31. The molecule has 0 bridgehead atoms. The maximum Gasteiger partial charge on any atom is 0.164 e. The number of unbranched alkanes of at least 4 members (excludes halogenated alkanes) is 1. The Bertz CT molecular complexity index is 476. The standard InChI is InChI=1S/C14H18F3NO2S/c1-2-3-9-21(20)18-14(10-15,7-8-19)11-5-4-6-12(16)13(11)17/h4-6,8,18H,2-3,7,9-10H2,1H3/t14-,21-/m1/s1. The van der Waals surface area contributed by atoms with Crippen LogP contribution in [0.3, 0.4) is 0 Å². The molecular weight excluding hydrogens is 303 g/mol. The van der Waals surface area contributed by atoms with E-state index in [2.05, 4.69) is 4.72 Å². The maximum absolute atomic E-state index is 13.9. The van der Waals surface area contributed by atoms with Gasteiger partial charge in [-0.15, -0.1) is 4.72 Å². The third kappa shape index (κ3) is 4.46. The number of hydrogen-bond donors (Lipinski definition) is 1. The number of carbonyl (C=O) groups is 1. The number of alkyl halides is 1. The number of nitrogens with one attached hydrogen (secondary N) is 1. The lowest BCUT2D eigenvalue weighted by Crippen LogP contribution is -2.49. The molecule has 0 radical (unpaired) electrons. The van der Waals surface area contributed by atoms with Crippen LogP contribution in [0.1, 0.15) is 31.7 Å². The van der Waals surface area contributed by atoms with Gasteiger partial charge in [0, 0.05) is 23.3 Å². The third-order valence-electron chi connectivity index (χ3n) is 3.12. The van der Waals surface area contributed by atoms with Gasteiger partial charge >= 0.3 is 0 Å². The first-order valence-electron chi connectivity index (χ1n) is 6.61. The third-order valence-corrected chi connectivity index (χ3v) is 4.40. The van der Waals surface area contributed by atoms with Crippen LogP contribution in [0.4, 0.5) is 13.2 Å². The molecule has 0 heterocycles. The molecule has 21 heavy (non-hydrogen) atoms. The minimum Gasteiger partial charge on any atom is -0.598 e. The van der Waals surface area contributed by atoms with E-state index in [1.165, 1.54) is 12.1 Å². The Morgan fingerprint density at radius 1 is 1.43 bits per heavy atom. The van der Waals surface area contributed by atoms with Gasteiger partial charge in [0.25, 0.3) is 0 Å². The molecule has 2 atom stereocenters. The van der Waals surface area contributed by atoms with Gasteiger partial charge in [-0.25, -0.2) is 13.2 Å². The molecule has 1 aromatic carbocycles. The predicted octanol–water partition coefficient (Wildman–Crippen LogP) is 2.77. The van der Waals surface area contributed by atoms with E-state index in [-0.39, 0.29) is 11.3 Å². The fraction of sp³-hybridized carbons (Fsp3) is 0.500. The van der Waals surface area contributed by atoms with Gasteiger partial charge in [-0.3, -0.25) is 0 Å². The minimum atomic E-state index is -1.81. The van der Waals surface area contributed by atoms with Gasteiger partial charge in [-0.05, 0) is 12.5 Å².